The number of anilines is 2. The van der Waals surface area contributed by atoms with Gasteiger partial charge in [-0.1, -0.05) is 6.07 Å². The molecule has 0 atom stereocenters. The minimum atomic E-state index is 0.952. The Hall–Kier alpha value is -1.06. The lowest BCUT2D eigenvalue weighted by Crippen LogP contribution is -1.92. The van der Waals surface area contributed by atoms with E-state index in [1.807, 2.05) is 42.5 Å². The monoisotopic (exact) mass is 247 g/mol. The highest BCUT2D eigenvalue weighted by molar-refractivity contribution is 7.80. The fourth-order valence-corrected chi connectivity index (χ4v) is 2.02. The van der Waals surface area contributed by atoms with Gasteiger partial charge in [0.1, 0.15) is 0 Å². The average molecular weight is 247 g/mol. The first-order valence-corrected chi connectivity index (χ1v) is 5.90. The lowest BCUT2D eigenvalue weighted by atomic mass is 10.2. The van der Waals surface area contributed by atoms with Crippen molar-refractivity contribution >= 4 is 36.6 Å². The first kappa shape index (κ1) is 11.4. The SMILES string of the molecule is Cc1cc(S)ccc1Nc1cccc(S)c1. The predicted molar refractivity (Wildman–Crippen MR) is 75.4 cm³/mol. The Morgan fingerprint density at radius 1 is 0.938 bits per heavy atom. The highest BCUT2D eigenvalue weighted by Gasteiger charge is 1.99. The Labute approximate surface area is 107 Å². The molecule has 0 unspecified atom stereocenters. The van der Waals surface area contributed by atoms with Crippen molar-refractivity contribution in [3.05, 3.63) is 48.0 Å². The number of hydrogen-bond donors (Lipinski definition) is 3. The van der Waals surface area contributed by atoms with E-state index in [0.717, 1.165) is 21.2 Å². The van der Waals surface area contributed by atoms with E-state index >= 15 is 0 Å². The van der Waals surface area contributed by atoms with E-state index in [1.165, 1.54) is 5.56 Å². The van der Waals surface area contributed by atoms with Crippen molar-refractivity contribution in [1.82, 2.24) is 0 Å². The molecule has 0 aliphatic rings. The summed E-state index contributed by atoms with van der Waals surface area (Å²) in [6.07, 6.45) is 0. The fraction of sp³-hybridized carbons (Fsp3) is 0.0769. The van der Waals surface area contributed by atoms with Gasteiger partial charge in [-0.05, 0) is 48.9 Å². The standard InChI is InChI=1S/C13H13NS2/c1-9-7-12(16)5-6-13(9)14-10-3-2-4-11(15)8-10/h2-8,14-16H,1H3. The van der Waals surface area contributed by atoms with Crippen molar-refractivity contribution in [2.45, 2.75) is 16.7 Å². The smallest absolute Gasteiger partial charge is 0.0414 e. The van der Waals surface area contributed by atoms with Gasteiger partial charge in [-0.25, -0.2) is 0 Å². The first-order valence-electron chi connectivity index (χ1n) is 5.01. The minimum Gasteiger partial charge on any atom is -0.355 e. The van der Waals surface area contributed by atoms with Crippen LogP contribution < -0.4 is 5.32 Å². The summed E-state index contributed by atoms with van der Waals surface area (Å²) in [4.78, 5) is 1.93. The summed E-state index contributed by atoms with van der Waals surface area (Å²) >= 11 is 8.61. The molecule has 0 bridgehead atoms. The minimum absolute atomic E-state index is 0.952. The molecule has 1 nitrogen and oxygen atoms in total. The highest BCUT2D eigenvalue weighted by Crippen LogP contribution is 2.23. The molecular weight excluding hydrogens is 234 g/mol. The van der Waals surface area contributed by atoms with Crippen LogP contribution in [0.2, 0.25) is 0 Å². The van der Waals surface area contributed by atoms with E-state index in [4.69, 9.17) is 0 Å². The van der Waals surface area contributed by atoms with Crippen molar-refractivity contribution < 1.29 is 0 Å². The van der Waals surface area contributed by atoms with Crippen LogP contribution in [0.4, 0.5) is 11.4 Å². The van der Waals surface area contributed by atoms with Crippen LogP contribution in [0.15, 0.2) is 52.3 Å². The summed E-state index contributed by atoms with van der Waals surface area (Å²) in [5, 5.41) is 3.36. The largest absolute Gasteiger partial charge is 0.355 e. The van der Waals surface area contributed by atoms with Crippen LogP contribution in [0.1, 0.15) is 5.56 Å². The summed E-state index contributed by atoms with van der Waals surface area (Å²) in [6, 6.07) is 14.0. The summed E-state index contributed by atoms with van der Waals surface area (Å²) in [6.45, 7) is 2.06. The third-order valence-electron chi connectivity index (χ3n) is 2.34. The van der Waals surface area contributed by atoms with Gasteiger partial charge >= 0.3 is 0 Å². The van der Waals surface area contributed by atoms with E-state index in [2.05, 4.69) is 37.5 Å². The Morgan fingerprint density at radius 3 is 2.38 bits per heavy atom. The van der Waals surface area contributed by atoms with Gasteiger partial charge in [-0.15, -0.1) is 25.3 Å². The second-order valence-electron chi connectivity index (χ2n) is 3.67. The zero-order valence-corrected chi connectivity index (χ0v) is 10.7. The topological polar surface area (TPSA) is 12.0 Å². The highest BCUT2D eigenvalue weighted by atomic mass is 32.1. The third kappa shape index (κ3) is 2.74. The Kier molecular flexibility index (Phi) is 3.46. The number of rotatable bonds is 2. The van der Waals surface area contributed by atoms with Crippen LogP contribution in [0.3, 0.4) is 0 Å². The molecule has 0 aliphatic heterocycles. The van der Waals surface area contributed by atoms with Crippen LogP contribution in [0.5, 0.6) is 0 Å². The van der Waals surface area contributed by atoms with Crippen LogP contribution in [-0.4, -0.2) is 0 Å². The van der Waals surface area contributed by atoms with Crippen molar-refractivity contribution in [3.63, 3.8) is 0 Å². The molecule has 82 valence electrons. The van der Waals surface area contributed by atoms with Gasteiger partial charge in [-0.3, -0.25) is 0 Å². The summed E-state index contributed by atoms with van der Waals surface area (Å²) in [7, 11) is 0. The number of benzene rings is 2. The molecule has 0 saturated heterocycles. The van der Waals surface area contributed by atoms with E-state index in [-0.39, 0.29) is 0 Å². The molecule has 0 radical (unpaired) electrons. The van der Waals surface area contributed by atoms with Crippen LogP contribution in [0, 0.1) is 6.92 Å². The van der Waals surface area contributed by atoms with Gasteiger partial charge in [-0.2, -0.15) is 0 Å². The van der Waals surface area contributed by atoms with E-state index in [9.17, 15) is 0 Å². The molecule has 3 heteroatoms. The van der Waals surface area contributed by atoms with Gasteiger partial charge in [0, 0.05) is 21.2 Å². The molecule has 16 heavy (non-hydrogen) atoms. The van der Waals surface area contributed by atoms with Crippen LogP contribution >= 0.6 is 25.3 Å². The Balaban J connectivity index is 2.27. The first-order chi connectivity index (χ1) is 7.65. The molecule has 0 fully saturated rings. The number of thiol groups is 2. The van der Waals surface area contributed by atoms with E-state index in [0.29, 0.717) is 0 Å². The zero-order valence-electron chi connectivity index (χ0n) is 8.94. The molecule has 0 aliphatic carbocycles. The summed E-state index contributed by atoms with van der Waals surface area (Å²) < 4.78 is 0. The molecule has 2 rings (SSSR count). The molecule has 0 amide bonds. The maximum absolute atomic E-state index is 4.31. The molecule has 0 saturated carbocycles. The molecular formula is C13H13NS2. The van der Waals surface area contributed by atoms with E-state index < -0.39 is 0 Å². The van der Waals surface area contributed by atoms with Gasteiger partial charge in [0.2, 0.25) is 0 Å². The average Bonchev–Trinajstić information content (AvgIpc) is 2.22. The third-order valence-corrected chi connectivity index (χ3v) is 2.89. The van der Waals surface area contributed by atoms with Gasteiger partial charge in [0.25, 0.3) is 0 Å². The van der Waals surface area contributed by atoms with Gasteiger partial charge < -0.3 is 5.32 Å². The normalized spacial score (nSPS) is 10.2. The maximum Gasteiger partial charge on any atom is 0.0414 e. The van der Waals surface area contributed by atoms with Crippen molar-refractivity contribution in [1.29, 1.82) is 0 Å². The number of hydrogen-bond acceptors (Lipinski definition) is 3. The second kappa shape index (κ2) is 4.85. The lowest BCUT2D eigenvalue weighted by molar-refractivity contribution is 1.35. The molecule has 1 N–H and O–H groups in total. The summed E-state index contributed by atoms with van der Waals surface area (Å²) in [5.41, 5.74) is 3.32. The van der Waals surface area contributed by atoms with Crippen LogP contribution in [-0.2, 0) is 0 Å². The second-order valence-corrected chi connectivity index (χ2v) is 4.71. The quantitative estimate of drug-likeness (QED) is 0.672. The maximum atomic E-state index is 4.31. The molecule has 0 spiro atoms. The molecule has 0 heterocycles. The van der Waals surface area contributed by atoms with Gasteiger partial charge in [0.05, 0.1) is 0 Å². The van der Waals surface area contributed by atoms with Crippen molar-refractivity contribution in [2.24, 2.45) is 0 Å². The number of nitrogens with one attached hydrogen (secondary N) is 1. The molecule has 2 aromatic carbocycles. The van der Waals surface area contributed by atoms with Crippen molar-refractivity contribution in [3.8, 4) is 0 Å². The summed E-state index contributed by atoms with van der Waals surface area (Å²) in [5.74, 6) is 0. The van der Waals surface area contributed by atoms with Crippen LogP contribution in [0.25, 0.3) is 0 Å². The van der Waals surface area contributed by atoms with Crippen molar-refractivity contribution in [2.75, 3.05) is 5.32 Å². The Morgan fingerprint density at radius 2 is 1.69 bits per heavy atom. The fourth-order valence-electron chi connectivity index (χ4n) is 1.53. The number of aryl methyl sites for hydroxylation is 1. The van der Waals surface area contributed by atoms with Gasteiger partial charge in [0.15, 0.2) is 0 Å². The zero-order chi connectivity index (χ0) is 11.5. The molecule has 2 aromatic rings. The predicted octanol–water partition coefficient (Wildman–Crippen LogP) is 4.32. The van der Waals surface area contributed by atoms with E-state index in [1.54, 1.807) is 0 Å². The lowest BCUT2D eigenvalue weighted by Gasteiger charge is -2.10. The molecule has 0 aromatic heterocycles. The Bertz CT molecular complexity index is 509.